The van der Waals surface area contributed by atoms with Gasteiger partial charge < -0.3 is 0 Å². The van der Waals surface area contributed by atoms with Crippen LogP contribution in [0.2, 0.25) is 0 Å². The van der Waals surface area contributed by atoms with Gasteiger partial charge in [0.05, 0.1) is 0 Å². The lowest BCUT2D eigenvalue weighted by Gasteiger charge is -2.34. The number of nitrogens with zero attached hydrogens (tertiary/aromatic N) is 1. The molecule has 1 N–H and O–H groups in total. The smallest absolute Gasteiger partial charge is 0.268 e. The van der Waals surface area contributed by atoms with Crippen LogP contribution in [0.25, 0.3) is 0 Å². The molecular formula is C19H22N2OS2. The normalized spacial score (nSPS) is 19.4. The molecular weight excluding hydrogens is 336 g/mol. The van der Waals surface area contributed by atoms with Gasteiger partial charge in [-0.1, -0.05) is 48.5 Å². The first-order chi connectivity index (χ1) is 11.7. The first kappa shape index (κ1) is 17.4. The zero-order chi connectivity index (χ0) is 17.0. The molecule has 3 nitrogen and oxygen atoms in total. The van der Waals surface area contributed by atoms with Crippen molar-refractivity contribution in [2.45, 2.75) is 23.1 Å². The van der Waals surface area contributed by atoms with E-state index in [9.17, 15) is 4.79 Å². The van der Waals surface area contributed by atoms with E-state index in [4.69, 9.17) is 0 Å². The van der Waals surface area contributed by atoms with Crippen molar-refractivity contribution in [3.05, 3.63) is 71.8 Å². The van der Waals surface area contributed by atoms with Crippen LogP contribution in [0.3, 0.4) is 0 Å². The van der Waals surface area contributed by atoms with E-state index in [0.717, 1.165) is 18.4 Å². The van der Waals surface area contributed by atoms with E-state index in [1.165, 1.54) is 5.56 Å². The highest BCUT2D eigenvalue weighted by Gasteiger charge is 2.47. The third-order valence-electron chi connectivity index (χ3n) is 4.34. The van der Waals surface area contributed by atoms with Gasteiger partial charge >= 0.3 is 0 Å². The summed E-state index contributed by atoms with van der Waals surface area (Å²) < 4.78 is -0.271. The first-order valence-corrected chi connectivity index (χ1v) is 10.4. The van der Waals surface area contributed by atoms with Crippen LogP contribution in [0.15, 0.2) is 60.7 Å². The molecule has 126 valence electrons. The maximum absolute atomic E-state index is 13.0. The maximum atomic E-state index is 13.0. The molecule has 1 fully saturated rings. The Bertz CT molecular complexity index is 674. The topological polar surface area (TPSA) is 32.3 Å². The molecule has 1 heterocycles. The van der Waals surface area contributed by atoms with E-state index in [0.29, 0.717) is 0 Å². The molecule has 1 saturated heterocycles. The average Bonchev–Trinajstić information content (AvgIpc) is 3.01. The Morgan fingerprint density at radius 2 is 1.67 bits per heavy atom. The molecule has 1 amide bonds. The lowest BCUT2D eigenvalue weighted by atomic mass is 10.0. The van der Waals surface area contributed by atoms with Crippen molar-refractivity contribution in [1.82, 2.24) is 10.4 Å². The van der Waals surface area contributed by atoms with Gasteiger partial charge in [0.1, 0.15) is 0 Å². The van der Waals surface area contributed by atoms with Crippen LogP contribution in [-0.4, -0.2) is 33.7 Å². The summed E-state index contributed by atoms with van der Waals surface area (Å²) in [4.78, 5) is 13.0. The van der Waals surface area contributed by atoms with E-state index in [1.54, 1.807) is 23.5 Å². The summed E-state index contributed by atoms with van der Waals surface area (Å²) in [6.07, 6.45) is 5.99. The molecule has 1 unspecified atom stereocenters. The van der Waals surface area contributed by atoms with E-state index in [2.05, 4.69) is 42.2 Å². The third-order valence-corrected chi connectivity index (χ3v) is 7.32. The maximum Gasteiger partial charge on any atom is 0.270 e. The average molecular weight is 359 g/mol. The predicted octanol–water partition coefficient (Wildman–Crippen LogP) is 4.03. The first-order valence-electron chi connectivity index (χ1n) is 7.98. The van der Waals surface area contributed by atoms with E-state index < -0.39 is 0 Å². The van der Waals surface area contributed by atoms with Crippen LogP contribution >= 0.6 is 23.5 Å². The fourth-order valence-corrected chi connectivity index (χ4v) is 5.14. The van der Waals surface area contributed by atoms with Crippen molar-refractivity contribution in [2.75, 3.05) is 12.5 Å². The van der Waals surface area contributed by atoms with Gasteiger partial charge in [-0.05, 0) is 36.6 Å². The number of hydrazine groups is 1. The van der Waals surface area contributed by atoms with Crippen LogP contribution in [-0.2, 0) is 6.42 Å². The fraction of sp³-hybridized carbons (Fsp3) is 0.316. The van der Waals surface area contributed by atoms with Crippen LogP contribution < -0.4 is 5.43 Å². The second-order valence-electron chi connectivity index (χ2n) is 5.85. The lowest BCUT2D eigenvalue weighted by Crippen LogP contribution is -2.48. The molecule has 0 aliphatic carbocycles. The summed E-state index contributed by atoms with van der Waals surface area (Å²) in [5, 5.41) is 1.84. The Morgan fingerprint density at radius 3 is 2.25 bits per heavy atom. The molecule has 2 aromatic carbocycles. The fourth-order valence-electron chi connectivity index (χ4n) is 3.10. The van der Waals surface area contributed by atoms with E-state index in [-0.39, 0.29) is 16.2 Å². The van der Waals surface area contributed by atoms with Crippen molar-refractivity contribution in [2.24, 2.45) is 0 Å². The summed E-state index contributed by atoms with van der Waals surface area (Å²) in [5.41, 5.74) is 5.48. The molecule has 3 rings (SSSR count). The SMILES string of the molecule is CSC1(SC)CC(Cc2ccccc2)NN1C(=O)c1ccccc1. The van der Waals surface area contributed by atoms with E-state index >= 15 is 0 Å². The van der Waals surface area contributed by atoms with E-state index in [1.807, 2.05) is 41.4 Å². The molecule has 1 atom stereocenters. The van der Waals surface area contributed by atoms with Gasteiger partial charge in [-0.25, -0.2) is 10.4 Å². The van der Waals surface area contributed by atoms with Crippen molar-refractivity contribution in [3.63, 3.8) is 0 Å². The number of hydrogen-bond acceptors (Lipinski definition) is 4. The molecule has 0 radical (unpaired) electrons. The third kappa shape index (κ3) is 3.48. The molecule has 0 aromatic heterocycles. The zero-order valence-electron chi connectivity index (χ0n) is 13.9. The Hall–Kier alpha value is -1.43. The highest BCUT2D eigenvalue weighted by Crippen LogP contribution is 2.45. The van der Waals surface area contributed by atoms with Gasteiger partial charge in [-0.2, -0.15) is 0 Å². The van der Waals surface area contributed by atoms with Gasteiger partial charge in [0.2, 0.25) is 0 Å². The summed E-state index contributed by atoms with van der Waals surface area (Å²) >= 11 is 3.46. The Balaban J connectivity index is 1.82. The minimum absolute atomic E-state index is 0.0369. The van der Waals surface area contributed by atoms with Crippen molar-refractivity contribution >= 4 is 29.4 Å². The molecule has 0 spiro atoms. The van der Waals surface area contributed by atoms with Crippen LogP contribution in [0.1, 0.15) is 22.3 Å². The van der Waals surface area contributed by atoms with Gasteiger partial charge in [0, 0.05) is 18.0 Å². The summed E-state index contributed by atoms with van der Waals surface area (Å²) in [6, 6.07) is 20.2. The number of hydrogen-bond donors (Lipinski definition) is 1. The standard InChI is InChI=1S/C19H22N2OS2/c1-23-19(24-2)14-17(13-15-9-5-3-6-10-15)20-21(19)18(22)16-11-7-4-8-12-16/h3-12,17,20H,13-14H2,1-2H3. The molecule has 0 bridgehead atoms. The second-order valence-corrected chi connectivity index (χ2v) is 8.27. The Kier molecular flexibility index (Phi) is 5.54. The molecule has 24 heavy (non-hydrogen) atoms. The highest BCUT2D eigenvalue weighted by atomic mass is 32.2. The Morgan fingerprint density at radius 1 is 1.08 bits per heavy atom. The number of carbonyl (C=O) groups is 1. The largest absolute Gasteiger partial charge is 0.270 e. The van der Waals surface area contributed by atoms with Crippen LogP contribution in [0, 0.1) is 0 Å². The minimum Gasteiger partial charge on any atom is -0.268 e. The highest BCUT2D eigenvalue weighted by molar-refractivity contribution is 8.17. The van der Waals surface area contributed by atoms with Gasteiger partial charge in [-0.3, -0.25) is 4.79 Å². The number of rotatable bonds is 5. The number of carbonyl (C=O) groups excluding carboxylic acids is 1. The van der Waals surface area contributed by atoms with Crippen LogP contribution in [0.5, 0.6) is 0 Å². The number of thioether (sulfide) groups is 2. The molecule has 1 aliphatic rings. The van der Waals surface area contributed by atoms with Crippen molar-refractivity contribution in [3.8, 4) is 0 Å². The quantitative estimate of drug-likeness (QED) is 0.818. The van der Waals surface area contributed by atoms with Gasteiger partial charge in [0.25, 0.3) is 5.91 Å². The number of benzene rings is 2. The van der Waals surface area contributed by atoms with Crippen molar-refractivity contribution in [1.29, 1.82) is 0 Å². The molecule has 0 saturated carbocycles. The molecule has 1 aliphatic heterocycles. The Labute approximate surface area is 152 Å². The monoisotopic (exact) mass is 358 g/mol. The van der Waals surface area contributed by atoms with Gasteiger partial charge in [0.15, 0.2) is 4.20 Å². The summed E-state index contributed by atoms with van der Waals surface area (Å²) in [7, 11) is 0. The van der Waals surface area contributed by atoms with Gasteiger partial charge in [-0.15, -0.1) is 23.5 Å². The van der Waals surface area contributed by atoms with Crippen molar-refractivity contribution < 1.29 is 4.79 Å². The van der Waals surface area contributed by atoms with Crippen LogP contribution in [0.4, 0.5) is 0 Å². The molecule has 5 heteroatoms. The molecule has 2 aromatic rings. The minimum atomic E-state index is -0.271. The number of amides is 1. The summed E-state index contributed by atoms with van der Waals surface area (Å²) in [6.45, 7) is 0. The predicted molar refractivity (Wildman–Crippen MR) is 104 cm³/mol. The number of nitrogens with one attached hydrogen (secondary N) is 1. The zero-order valence-corrected chi connectivity index (χ0v) is 15.6. The lowest BCUT2D eigenvalue weighted by molar-refractivity contribution is 0.0676. The summed E-state index contributed by atoms with van der Waals surface area (Å²) in [5.74, 6) is 0.0369. The second kappa shape index (κ2) is 7.64.